The lowest BCUT2D eigenvalue weighted by atomic mass is 9.94. The topological polar surface area (TPSA) is 105 Å². The number of carboxylic acid groups (broad SMARTS) is 1. The third-order valence-electron chi connectivity index (χ3n) is 5.94. The van der Waals surface area contributed by atoms with E-state index in [-0.39, 0.29) is 29.4 Å². The van der Waals surface area contributed by atoms with Gasteiger partial charge in [-0.3, -0.25) is 9.67 Å². The van der Waals surface area contributed by atoms with Crippen LogP contribution in [-0.2, 0) is 16.6 Å². The Bertz CT molecular complexity index is 1700. The maximum absolute atomic E-state index is 16.3. The minimum atomic E-state index is -5.48. The molecule has 2 heterocycles. The van der Waals surface area contributed by atoms with E-state index in [1.165, 1.54) is 44.6 Å². The van der Waals surface area contributed by atoms with Crippen LogP contribution >= 0.6 is 0 Å². The van der Waals surface area contributed by atoms with Gasteiger partial charge in [0.2, 0.25) is 0 Å². The Morgan fingerprint density at radius 3 is 2.33 bits per heavy atom. The maximum atomic E-state index is 16.3. The van der Waals surface area contributed by atoms with Crippen molar-refractivity contribution in [2.75, 3.05) is 11.0 Å². The molecule has 0 fully saturated rings. The fourth-order valence-corrected chi connectivity index (χ4v) is 5.45. The number of benzene rings is 2. The smallest absolute Gasteiger partial charge is 0.426 e. The molecule has 0 aliphatic carbocycles. The van der Waals surface area contributed by atoms with E-state index in [0.717, 1.165) is 4.68 Å². The van der Waals surface area contributed by atoms with Crippen molar-refractivity contribution in [1.82, 2.24) is 14.8 Å². The molecule has 0 aliphatic heterocycles. The number of rotatable bonds is 8. The number of hydrogen-bond donors (Lipinski definition) is 1. The van der Waals surface area contributed by atoms with Crippen molar-refractivity contribution in [2.24, 2.45) is 0 Å². The summed E-state index contributed by atoms with van der Waals surface area (Å²) in [4.78, 5) is 14.8. The summed E-state index contributed by atoms with van der Waals surface area (Å²) in [6.07, 6.45) is 1.83. The Morgan fingerprint density at radius 2 is 1.73 bits per heavy atom. The van der Waals surface area contributed by atoms with E-state index in [4.69, 9.17) is 0 Å². The fourth-order valence-electron chi connectivity index (χ4n) is 4.08. The van der Waals surface area contributed by atoms with Crippen LogP contribution in [0.1, 0.15) is 25.3 Å². The molecule has 8 nitrogen and oxygen atoms in total. The van der Waals surface area contributed by atoms with E-state index in [9.17, 15) is 31.5 Å². The molecule has 4 aromatic rings. The number of nitrogens with zero attached hydrogens (tertiary/aromatic N) is 4. The molecule has 0 saturated heterocycles. The molecule has 0 saturated carbocycles. The lowest BCUT2D eigenvalue weighted by molar-refractivity contribution is 0.206. The predicted molar refractivity (Wildman–Crippen MR) is 135 cm³/mol. The Labute approximate surface area is 225 Å². The molecular formula is C26H21F5N4O4S. The average molecular weight is 581 g/mol. The van der Waals surface area contributed by atoms with Crippen molar-refractivity contribution >= 4 is 21.8 Å². The minimum absolute atomic E-state index is 0.112. The Morgan fingerprint density at radius 1 is 1.05 bits per heavy atom. The second-order valence-electron chi connectivity index (χ2n) is 8.85. The second-order valence-corrected chi connectivity index (χ2v) is 10.6. The SMILES string of the molecule is CC(C)c1cc(N(C(=O)O)S(=O)(=O)c2cc(F)ccc2F)c(F)c(-c2nn(CCF)cc2-c2ccncc2)c1F. The highest BCUT2D eigenvalue weighted by Gasteiger charge is 2.38. The summed E-state index contributed by atoms with van der Waals surface area (Å²) in [6, 6.07) is 4.97. The van der Waals surface area contributed by atoms with Crippen molar-refractivity contribution in [3.05, 3.63) is 83.8 Å². The Hall–Kier alpha value is -4.33. The summed E-state index contributed by atoms with van der Waals surface area (Å²) >= 11 is 0. The molecule has 2 aromatic heterocycles. The number of amides is 1. The van der Waals surface area contributed by atoms with Gasteiger partial charge in [-0.1, -0.05) is 13.8 Å². The first-order valence-corrected chi connectivity index (χ1v) is 13.1. The number of alkyl halides is 1. The number of aromatic nitrogens is 3. The largest absolute Gasteiger partial charge is 0.464 e. The molecule has 0 radical (unpaired) electrons. The van der Waals surface area contributed by atoms with Crippen LogP contribution in [0, 0.1) is 23.3 Å². The number of pyridine rings is 1. The molecule has 0 bridgehead atoms. The highest BCUT2D eigenvalue weighted by molar-refractivity contribution is 7.93. The normalized spacial score (nSPS) is 11.7. The van der Waals surface area contributed by atoms with E-state index in [2.05, 4.69) is 10.1 Å². The van der Waals surface area contributed by atoms with Gasteiger partial charge in [-0.25, -0.2) is 35.2 Å². The van der Waals surface area contributed by atoms with E-state index in [0.29, 0.717) is 23.8 Å². The standard InChI is InChI=1S/C26H21F5N4O4S/c1-14(2)17-12-20(35(26(36)37)40(38,39)21-11-16(28)3-4-19(21)29)24(31)22(23(17)30)25-18(13-34(33-25)10-7-27)15-5-8-32-9-6-15/h3-6,8-9,11-14H,7,10H2,1-2H3,(H,36,37). The number of sulfonamides is 1. The predicted octanol–water partition coefficient (Wildman–Crippen LogP) is 6.13. The number of anilines is 1. The number of carbonyl (C=O) groups is 1. The molecule has 14 heteroatoms. The van der Waals surface area contributed by atoms with Crippen LogP contribution in [0.15, 0.2) is 59.9 Å². The van der Waals surface area contributed by atoms with Gasteiger partial charge in [-0.05, 0) is 53.4 Å². The van der Waals surface area contributed by atoms with Crippen LogP contribution in [0.5, 0.6) is 0 Å². The van der Waals surface area contributed by atoms with Gasteiger partial charge >= 0.3 is 6.09 Å². The average Bonchev–Trinajstić information content (AvgIpc) is 3.30. The van der Waals surface area contributed by atoms with Gasteiger partial charge in [0.05, 0.1) is 12.1 Å². The van der Waals surface area contributed by atoms with Crippen LogP contribution < -0.4 is 4.31 Å². The van der Waals surface area contributed by atoms with Crippen LogP contribution in [0.2, 0.25) is 0 Å². The summed E-state index contributed by atoms with van der Waals surface area (Å²) in [7, 11) is -5.48. The second kappa shape index (κ2) is 11.0. The molecule has 210 valence electrons. The zero-order chi connectivity index (χ0) is 29.4. The molecule has 0 spiro atoms. The minimum Gasteiger partial charge on any atom is -0.464 e. The molecule has 1 N–H and O–H groups in total. The number of hydrogen-bond acceptors (Lipinski definition) is 5. The third kappa shape index (κ3) is 5.13. The van der Waals surface area contributed by atoms with Gasteiger partial charge in [0.25, 0.3) is 10.0 Å². The quantitative estimate of drug-likeness (QED) is 0.251. The van der Waals surface area contributed by atoms with Gasteiger partial charge < -0.3 is 5.11 Å². The molecular weight excluding hydrogens is 559 g/mol. The molecule has 2 aromatic carbocycles. The van der Waals surface area contributed by atoms with Crippen LogP contribution in [-0.4, -0.2) is 41.1 Å². The molecule has 4 rings (SSSR count). The number of halogens is 5. The van der Waals surface area contributed by atoms with Gasteiger partial charge in [0.15, 0.2) is 5.82 Å². The summed E-state index contributed by atoms with van der Waals surface area (Å²) in [5.74, 6) is -6.26. The molecule has 0 aliphatic rings. The van der Waals surface area contributed by atoms with Crippen molar-refractivity contribution < 1.29 is 40.3 Å². The Kier molecular flexibility index (Phi) is 7.91. The highest BCUT2D eigenvalue weighted by atomic mass is 32.2. The summed E-state index contributed by atoms with van der Waals surface area (Å²) in [5, 5.41) is 14.0. The third-order valence-corrected chi connectivity index (χ3v) is 7.64. The summed E-state index contributed by atoms with van der Waals surface area (Å²) in [6.45, 7) is 1.82. The van der Waals surface area contributed by atoms with Gasteiger partial charge in [0, 0.05) is 24.2 Å². The lowest BCUT2D eigenvalue weighted by Crippen LogP contribution is -2.37. The van der Waals surface area contributed by atoms with Crippen molar-refractivity contribution in [1.29, 1.82) is 0 Å². The molecule has 0 atom stereocenters. The zero-order valence-corrected chi connectivity index (χ0v) is 21.8. The van der Waals surface area contributed by atoms with E-state index >= 15 is 8.78 Å². The van der Waals surface area contributed by atoms with Crippen LogP contribution in [0.25, 0.3) is 22.4 Å². The lowest BCUT2D eigenvalue weighted by Gasteiger charge is -2.23. The fraction of sp³-hybridized carbons (Fsp3) is 0.192. The molecule has 0 unspecified atom stereocenters. The van der Waals surface area contributed by atoms with Crippen molar-refractivity contribution in [3.8, 4) is 22.4 Å². The summed E-state index contributed by atoms with van der Waals surface area (Å²) < 4.78 is 101. The monoisotopic (exact) mass is 580 g/mol. The first-order valence-electron chi connectivity index (χ1n) is 11.7. The molecule has 1 amide bonds. The van der Waals surface area contributed by atoms with Gasteiger partial charge in [-0.2, -0.15) is 9.40 Å². The van der Waals surface area contributed by atoms with E-state index < -0.39 is 72.4 Å². The van der Waals surface area contributed by atoms with Crippen LogP contribution in [0.4, 0.5) is 32.4 Å². The highest BCUT2D eigenvalue weighted by Crippen LogP contribution is 2.42. The Balaban J connectivity index is 2.07. The summed E-state index contributed by atoms with van der Waals surface area (Å²) in [5.41, 5.74) is -2.26. The van der Waals surface area contributed by atoms with Gasteiger partial charge in [-0.15, -0.1) is 0 Å². The van der Waals surface area contributed by atoms with E-state index in [1.807, 2.05) is 0 Å². The molecule has 40 heavy (non-hydrogen) atoms. The zero-order valence-electron chi connectivity index (χ0n) is 20.9. The first-order chi connectivity index (χ1) is 18.9. The van der Waals surface area contributed by atoms with Crippen LogP contribution in [0.3, 0.4) is 0 Å². The first kappa shape index (κ1) is 28.7. The van der Waals surface area contributed by atoms with Crippen molar-refractivity contribution in [2.45, 2.75) is 31.2 Å². The van der Waals surface area contributed by atoms with Gasteiger partial charge in [0.1, 0.15) is 40.4 Å². The van der Waals surface area contributed by atoms with E-state index in [1.54, 1.807) is 0 Å². The maximum Gasteiger partial charge on any atom is 0.426 e. The van der Waals surface area contributed by atoms with Crippen molar-refractivity contribution in [3.63, 3.8) is 0 Å². The number of aryl methyl sites for hydroxylation is 1.